The first-order valence-electron chi connectivity index (χ1n) is 5.55. The maximum absolute atomic E-state index is 9.92. The predicted octanol–water partition coefficient (Wildman–Crippen LogP) is 1.49. The van der Waals surface area contributed by atoms with Gasteiger partial charge >= 0.3 is 0 Å². The Morgan fingerprint density at radius 1 is 1.36 bits per heavy atom. The molecule has 0 heterocycles. The van der Waals surface area contributed by atoms with E-state index in [4.69, 9.17) is 0 Å². The van der Waals surface area contributed by atoms with Crippen LogP contribution in [0.3, 0.4) is 0 Å². The lowest BCUT2D eigenvalue weighted by atomic mass is 10.0. The molecule has 2 nitrogen and oxygen atoms in total. The summed E-state index contributed by atoms with van der Waals surface area (Å²) in [6.07, 6.45) is 2.26. The van der Waals surface area contributed by atoms with Gasteiger partial charge in [0, 0.05) is 0 Å². The Morgan fingerprint density at radius 2 is 1.93 bits per heavy atom. The Kier molecular flexibility index (Phi) is 3.97. The van der Waals surface area contributed by atoms with E-state index >= 15 is 0 Å². The van der Waals surface area contributed by atoms with Crippen LogP contribution in [0.25, 0.3) is 0 Å². The van der Waals surface area contributed by atoms with Gasteiger partial charge in [-0.1, -0.05) is 25.7 Å². The molecule has 1 saturated carbocycles. The highest BCUT2D eigenvalue weighted by atomic mass is 16.3. The van der Waals surface area contributed by atoms with E-state index in [1.807, 2.05) is 6.92 Å². The lowest BCUT2D eigenvalue weighted by molar-refractivity contribution is 0.0978. The normalized spacial score (nSPS) is 20.1. The van der Waals surface area contributed by atoms with Crippen LogP contribution in [0.2, 0.25) is 0 Å². The summed E-state index contributed by atoms with van der Waals surface area (Å²) >= 11 is 0. The van der Waals surface area contributed by atoms with E-state index < -0.39 is 5.60 Å². The highest BCUT2D eigenvalue weighted by Crippen LogP contribution is 2.38. The molecule has 1 rings (SSSR count). The molecule has 1 aliphatic carbocycles. The van der Waals surface area contributed by atoms with Crippen molar-refractivity contribution in [1.82, 2.24) is 4.90 Å². The summed E-state index contributed by atoms with van der Waals surface area (Å²) < 4.78 is 0. The summed E-state index contributed by atoms with van der Waals surface area (Å²) in [7, 11) is 0. The van der Waals surface area contributed by atoms with Gasteiger partial charge in [0.15, 0.2) is 0 Å². The Morgan fingerprint density at radius 3 is 2.36 bits per heavy atom. The average Bonchev–Trinajstić information content (AvgIpc) is 2.95. The fourth-order valence-corrected chi connectivity index (χ4v) is 1.53. The van der Waals surface area contributed by atoms with Crippen LogP contribution < -0.4 is 0 Å². The van der Waals surface area contributed by atoms with Crippen molar-refractivity contribution in [2.45, 2.75) is 39.2 Å². The second kappa shape index (κ2) is 4.82. The van der Waals surface area contributed by atoms with E-state index in [9.17, 15) is 5.11 Å². The van der Waals surface area contributed by atoms with Gasteiger partial charge in [0.25, 0.3) is 0 Å². The molecule has 0 unspecified atom stereocenters. The van der Waals surface area contributed by atoms with Crippen LogP contribution in [0.4, 0.5) is 0 Å². The van der Waals surface area contributed by atoms with Gasteiger partial charge in [0.2, 0.25) is 0 Å². The van der Waals surface area contributed by atoms with Gasteiger partial charge in [-0.15, -0.1) is 0 Å². The molecular formula is C12H21NO. The van der Waals surface area contributed by atoms with Crippen LogP contribution in [0.1, 0.15) is 33.6 Å². The van der Waals surface area contributed by atoms with Crippen molar-refractivity contribution in [2.75, 3.05) is 19.6 Å². The highest BCUT2D eigenvalue weighted by Gasteiger charge is 2.38. The van der Waals surface area contributed by atoms with Crippen molar-refractivity contribution in [3.8, 4) is 11.8 Å². The van der Waals surface area contributed by atoms with Gasteiger partial charge in [0.1, 0.15) is 5.60 Å². The molecule has 0 radical (unpaired) electrons. The standard InChI is InChI=1S/C12H21NO/c1-4-13(5-2)10-6-9-12(3,14)11-7-8-11/h11,14H,4-5,7-8,10H2,1-3H3/t12-/m0/s1. The Labute approximate surface area is 87.3 Å². The van der Waals surface area contributed by atoms with Gasteiger partial charge < -0.3 is 5.11 Å². The van der Waals surface area contributed by atoms with Crippen LogP contribution in [-0.2, 0) is 0 Å². The zero-order valence-corrected chi connectivity index (χ0v) is 9.51. The molecule has 0 bridgehead atoms. The molecule has 0 spiro atoms. The quantitative estimate of drug-likeness (QED) is 0.687. The first-order chi connectivity index (χ1) is 6.60. The van der Waals surface area contributed by atoms with Crippen LogP contribution in [0.5, 0.6) is 0 Å². The minimum Gasteiger partial charge on any atom is -0.378 e. The topological polar surface area (TPSA) is 23.5 Å². The third kappa shape index (κ3) is 3.32. The predicted molar refractivity (Wildman–Crippen MR) is 58.9 cm³/mol. The largest absolute Gasteiger partial charge is 0.378 e. The molecule has 1 fully saturated rings. The molecule has 0 amide bonds. The second-order valence-electron chi connectivity index (χ2n) is 4.18. The molecule has 1 aliphatic rings. The second-order valence-corrected chi connectivity index (χ2v) is 4.18. The molecule has 0 aromatic rings. The maximum Gasteiger partial charge on any atom is 0.125 e. The summed E-state index contributed by atoms with van der Waals surface area (Å²) in [5.41, 5.74) is -0.743. The maximum atomic E-state index is 9.92. The summed E-state index contributed by atoms with van der Waals surface area (Å²) in [4.78, 5) is 2.25. The molecule has 80 valence electrons. The zero-order valence-electron chi connectivity index (χ0n) is 9.51. The van der Waals surface area contributed by atoms with Crippen molar-refractivity contribution < 1.29 is 5.11 Å². The lowest BCUT2D eigenvalue weighted by Crippen LogP contribution is -2.26. The van der Waals surface area contributed by atoms with Gasteiger partial charge in [-0.3, -0.25) is 4.90 Å². The molecule has 1 atom stereocenters. The van der Waals surface area contributed by atoms with Gasteiger partial charge in [-0.05, 0) is 38.8 Å². The van der Waals surface area contributed by atoms with Crippen LogP contribution >= 0.6 is 0 Å². The first kappa shape index (κ1) is 11.6. The Balaban J connectivity index is 2.37. The van der Waals surface area contributed by atoms with Crippen molar-refractivity contribution in [3.05, 3.63) is 0 Å². The minimum absolute atomic E-state index is 0.423. The number of rotatable bonds is 4. The number of aliphatic hydroxyl groups is 1. The summed E-state index contributed by atoms with van der Waals surface area (Å²) in [6.45, 7) is 8.91. The fourth-order valence-electron chi connectivity index (χ4n) is 1.53. The Bertz CT molecular complexity index is 228. The molecule has 0 saturated heterocycles. The summed E-state index contributed by atoms with van der Waals surface area (Å²) in [6, 6.07) is 0. The third-order valence-corrected chi connectivity index (χ3v) is 2.91. The average molecular weight is 195 g/mol. The van der Waals surface area contributed by atoms with Crippen molar-refractivity contribution in [1.29, 1.82) is 0 Å². The van der Waals surface area contributed by atoms with E-state index in [0.717, 1.165) is 32.5 Å². The van der Waals surface area contributed by atoms with Crippen molar-refractivity contribution in [3.63, 3.8) is 0 Å². The first-order valence-corrected chi connectivity index (χ1v) is 5.55. The molecule has 0 aromatic carbocycles. The van der Waals surface area contributed by atoms with E-state index in [1.54, 1.807) is 0 Å². The van der Waals surface area contributed by atoms with Gasteiger partial charge in [-0.2, -0.15) is 0 Å². The SMILES string of the molecule is CCN(CC)CC#C[C@](C)(O)C1CC1. The highest BCUT2D eigenvalue weighted by molar-refractivity contribution is 5.17. The number of nitrogens with zero attached hydrogens (tertiary/aromatic N) is 1. The summed E-state index contributed by atoms with van der Waals surface area (Å²) in [5.74, 6) is 6.48. The van der Waals surface area contributed by atoms with Crippen LogP contribution in [-0.4, -0.2) is 35.2 Å². The molecule has 1 N–H and O–H groups in total. The molecule has 0 aliphatic heterocycles. The van der Waals surface area contributed by atoms with E-state index in [-0.39, 0.29) is 0 Å². The van der Waals surface area contributed by atoms with E-state index in [2.05, 4.69) is 30.6 Å². The van der Waals surface area contributed by atoms with Crippen LogP contribution in [0, 0.1) is 17.8 Å². The smallest absolute Gasteiger partial charge is 0.125 e. The Hall–Kier alpha value is -0.520. The molecule has 14 heavy (non-hydrogen) atoms. The van der Waals surface area contributed by atoms with Crippen molar-refractivity contribution in [2.24, 2.45) is 5.92 Å². The molecular weight excluding hydrogens is 174 g/mol. The van der Waals surface area contributed by atoms with Crippen LogP contribution in [0.15, 0.2) is 0 Å². The van der Waals surface area contributed by atoms with E-state index in [0.29, 0.717) is 5.92 Å². The van der Waals surface area contributed by atoms with Crippen molar-refractivity contribution >= 4 is 0 Å². The third-order valence-electron chi connectivity index (χ3n) is 2.91. The number of hydrogen-bond acceptors (Lipinski definition) is 2. The summed E-state index contributed by atoms with van der Waals surface area (Å²) in [5, 5.41) is 9.92. The van der Waals surface area contributed by atoms with Gasteiger partial charge in [-0.25, -0.2) is 0 Å². The van der Waals surface area contributed by atoms with Gasteiger partial charge in [0.05, 0.1) is 6.54 Å². The zero-order chi connectivity index (χ0) is 10.6. The van der Waals surface area contributed by atoms with E-state index in [1.165, 1.54) is 0 Å². The lowest BCUT2D eigenvalue weighted by Gasteiger charge is -2.16. The minimum atomic E-state index is -0.743. The molecule has 2 heteroatoms. The monoisotopic (exact) mass is 195 g/mol. The number of hydrogen-bond donors (Lipinski definition) is 1. The molecule has 0 aromatic heterocycles. The fraction of sp³-hybridized carbons (Fsp3) is 0.833.